The van der Waals surface area contributed by atoms with E-state index in [0.29, 0.717) is 17.2 Å². The largest absolute Gasteiger partial charge is 0.497 e. The first-order valence-electron chi connectivity index (χ1n) is 9.18. The highest BCUT2D eigenvalue weighted by Crippen LogP contribution is 2.24. The number of anilines is 1. The Bertz CT molecular complexity index is 895. The predicted molar refractivity (Wildman–Crippen MR) is 107 cm³/mol. The maximum absolute atomic E-state index is 12.2. The van der Waals surface area contributed by atoms with Gasteiger partial charge in [0.15, 0.2) is 0 Å². The number of carbonyl (C=O) groups is 3. The van der Waals surface area contributed by atoms with Gasteiger partial charge in [-0.05, 0) is 35.9 Å². The molecule has 0 unspecified atom stereocenters. The minimum Gasteiger partial charge on any atom is -0.497 e. The fourth-order valence-electron chi connectivity index (χ4n) is 3.05. The van der Waals surface area contributed by atoms with Gasteiger partial charge in [-0.2, -0.15) is 0 Å². The maximum atomic E-state index is 12.2. The highest BCUT2D eigenvalue weighted by molar-refractivity contribution is 6.01. The molecule has 0 saturated carbocycles. The monoisotopic (exact) mass is 397 g/mol. The van der Waals surface area contributed by atoms with Crippen molar-refractivity contribution in [2.45, 2.75) is 25.9 Å². The van der Waals surface area contributed by atoms with Crippen LogP contribution in [0.5, 0.6) is 11.5 Å². The molecule has 29 heavy (non-hydrogen) atoms. The normalized spacial score (nSPS) is 13.4. The number of amides is 4. The number of nitrogens with zero attached hydrogens (tertiary/aromatic N) is 1. The Balaban J connectivity index is 1.54. The van der Waals surface area contributed by atoms with E-state index in [0.717, 1.165) is 11.1 Å². The Hall–Kier alpha value is -3.55. The van der Waals surface area contributed by atoms with Crippen LogP contribution in [0.4, 0.5) is 10.5 Å². The lowest BCUT2D eigenvalue weighted by atomic mass is 10.2. The average Bonchev–Trinajstić information content (AvgIpc) is 3.05. The molecule has 0 aromatic heterocycles. The molecule has 2 aromatic rings. The summed E-state index contributed by atoms with van der Waals surface area (Å²) in [5.41, 5.74) is 2.21. The summed E-state index contributed by atoms with van der Waals surface area (Å²) < 4.78 is 10.5. The lowest BCUT2D eigenvalue weighted by Crippen LogP contribution is -2.29. The van der Waals surface area contributed by atoms with E-state index < -0.39 is 0 Å². The summed E-state index contributed by atoms with van der Waals surface area (Å²) in [5.74, 6) is 1.03. The van der Waals surface area contributed by atoms with Crippen LogP contribution in [0.1, 0.15) is 24.0 Å². The van der Waals surface area contributed by atoms with Crippen LogP contribution in [0.3, 0.4) is 0 Å². The molecule has 8 heteroatoms. The molecule has 0 bridgehead atoms. The van der Waals surface area contributed by atoms with Crippen molar-refractivity contribution in [1.82, 2.24) is 10.2 Å². The molecule has 8 nitrogen and oxygen atoms in total. The number of methoxy groups -OCH3 is 2. The first-order chi connectivity index (χ1) is 14.0. The lowest BCUT2D eigenvalue weighted by Gasteiger charge is -2.14. The molecular weight excluding hydrogens is 374 g/mol. The van der Waals surface area contributed by atoms with Crippen LogP contribution in [-0.2, 0) is 22.7 Å². The van der Waals surface area contributed by atoms with Crippen LogP contribution in [0.15, 0.2) is 42.5 Å². The molecular formula is C21H23N3O5. The molecule has 2 N–H and O–H groups in total. The van der Waals surface area contributed by atoms with E-state index in [1.165, 1.54) is 4.90 Å². The van der Waals surface area contributed by atoms with Crippen molar-refractivity contribution in [3.05, 3.63) is 53.6 Å². The molecule has 0 radical (unpaired) electrons. The minimum atomic E-state index is -0.368. The first-order valence-corrected chi connectivity index (χ1v) is 9.18. The standard InChI is InChI=1S/C21H23N3O5/c1-28-17-7-8-18(29-2)15(11-17)12-22-21(27)23-16-5-3-14(4-6-16)13-24-19(25)9-10-20(24)26/h3-8,11H,9-10,12-13H2,1-2H3,(H2,22,23,27). The Labute approximate surface area is 168 Å². The number of likely N-dealkylation sites (tertiary alicyclic amines) is 1. The summed E-state index contributed by atoms with van der Waals surface area (Å²) >= 11 is 0. The zero-order valence-corrected chi connectivity index (χ0v) is 16.4. The van der Waals surface area contributed by atoms with Gasteiger partial charge in [0.1, 0.15) is 11.5 Å². The van der Waals surface area contributed by atoms with E-state index in [9.17, 15) is 14.4 Å². The van der Waals surface area contributed by atoms with Gasteiger partial charge in [-0.25, -0.2) is 4.79 Å². The molecule has 1 aliphatic rings. The zero-order chi connectivity index (χ0) is 20.8. The number of hydrogen-bond acceptors (Lipinski definition) is 5. The number of urea groups is 1. The molecule has 1 aliphatic heterocycles. The van der Waals surface area contributed by atoms with Crippen molar-refractivity contribution >= 4 is 23.5 Å². The molecule has 0 spiro atoms. The number of hydrogen-bond donors (Lipinski definition) is 2. The van der Waals surface area contributed by atoms with Crippen LogP contribution < -0.4 is 20.1 Å². The third kappa shape index (κ3) is 5.04. The summed E-state index contributed by atoms with van der Waals surface area (Å²) in [6, 6.07) is 12.0. The molecule has 4 amide bonds. The Morgan fingerprint density at radius 1 is 1.00 bits per heavy atom. The van der Waals surface area contributed by atoms with Crippen molar-refractivity contribution < 1.29 is 23.9 Å². The molecule has 152 valence electrons. The molecule has 0 atom stereocenters. The van der Waals surface area contributed by atoms with E-state index in [-0.39, 0.29) is 43.8 Å². The Morgan fingerprint density at radius 3 is 2.31 bits per heavy atom. The van der Waals surface area contributed by atoms with Crippen LogP contribution in [0, 0.1) is 0 Å². The lowest BCUT2D eigenvalue weighted by molar-refractivity contribution is -0.139. The second kappa shape index (κ2) is 9.09. The van der Waals surface area contributed by atoms with E-state index in [1.54, 1.807) is 56.7 Å². The van der Waals surface area contributed by atoms with Crippen molar-refractivity contribution in [2.24, 2.45) is 0 Å². The van der Waals surface area contributed by atoms with Gasteiger partial charge in [0.25, 0.3) is 0 Å². The van der Waals surface area contributed by atoms with Crippen LogP contribution >= 0.6 is 0 Å². The van der Waals surface area contributed by atoms with Gasteiger partial charge < -0.3 is 20.1 Å². The van der Waals surface area contributed by atoms with Gasteiger partial charge in [-0.3, -0.25) is 14.5 Å². The van der Waals surface area contributed by atoms with Crippen LogP contribution in [0.25, 0.3) is 0 Å². The predicted octanol–water partition coefficient (Wildman–Crippen LogP) is 2.67. The highest BCUT2D eigenvalue weighted by atomic mass is 16.5. The van der Waals surface area contributed by atoms with Gasteiger partial charge in [0, 0.05) is 30.6 Å². The SMILES string of the molecule is COc1ccc(OC)c(CNC(=O)Nc2ccc(CN3C(=O)CCC3=O)cc2)c1. The van der Waals surface area contributed by atoms with Crippen LogP contribution in [0.2, 0.25) is 0 Å². The number of benzene rings is 2. The summed E-state index contributed by atoms with van der Waals surface area (Å²) in [7, 11) is 3.14. The van der Waals surface area contributed by atoms with Crippen molar-refractivity contribution in [2.75, 3.05) is 19.5 Å². The van der Waals surface area contributed by atoms with Crippen molar-refractivity contribution in [3.8, 4) is 11.5 Å². The van der Waals surface area contributed by atoms with E-state index in [2.05, 4.69) is 10.6 Å². The van der Waals surface area contributed by atoms with E-state index >= 15 is 0 Å². The Kier molecular flexibility index (Phi) is 6.33. The fourth-order valence-corrected chi connectivity index (χ4v) is 3.05. The molecule has 3 rings (SSSR count). The smallest absolute Gasteiger partial charge is 0.319 e. The number of imide groups is 1. The topological polar surface area (TPSA) is 97.0 Å². The quantitative estimate of drug-likeness (QED) is 0.700. The first kappa shape index (κ1) is 20.2. The zero-order valence-electron chi connectivity index (χ0n) is 16.4. The van der Waals surface area contributed by atoms with E-state index in [1.807, 2.05) is 0 Å². The van der Waals surface area contributed by atoms with Crippen LogP contribution in [-0.4, -0.2) is 37.0 Å². The maximum Gasteiger partial charge on any atom is 0.319 e. The van der Waals surface area contributed by atoms with Crippen molar-refractivity contribution in [3.63, 3.8) is 0 Å². The number of rotatable bonds is 7. The summed E-state index contributed by atoms with van der Waals surface area (Å²) in [5, 5.41) is 5.52. The third-order valence-corrected chi connectivity index (χ3v) is 4.63. The minimum absolute atomic E-state index is 0.149. The Morgan fingerprint density at radius 2 is 1.69 bits per heavy atom. The van der Waals surface area contributed by atoms with Gasteiger partial charge in [-0.1, -0.05) is 12.1 Å². The molecule has 1 fully saturated rings. The third-order valence-electron chi connectivity index (χ3n) is 4.63. The molecule has 2 aromatic carbocycles. The second-order valence-electron chi connectivity index (χ2n) is 6.56. The van der Waals surface area contributed by atoms with Gasteiger partial charge in [-0.15, -0.1) is 0 Å². The average molecular weight is 397 g/mol. The number of ether oxygens (including phenoxy) is 2. The molecule has 1 saturated heterocycles. The summed E-state index contributed by atoms with van der Waals surface area (Å²) in [4.78, 5) is 36.9. The fraction of sp³-hybridized carbons (Fsp3) is 0.286. The molecule has 0 aliphatic carbocycles. The van der Waals surface area contributed by atoms with Gasteiger partial charge in [0.2, 0.25) is 11.8 Å². The van der Waals surface area contributed by atoms with Crippen molar-refractivity contribution in [1.29, 1.82) is 0 Å². The number of nitrogens with one attached hydrogen (secondary N) is 2. The summed E-state index contributed by atoms with van der Waals surface area (Å²) in [6.07, 6.45) is 0.549. The van der Waals surface area contributed by atoms with E-state index in [4.69, 9.17) is 9.47 Å². The highest BCUT2D eigenvalue weighted by Gasteiger charge is 2.28. The van der Waals surface area contributed by atoms with Gasteiger partial charge >= 0.3 is 6.03 Å². The molecule has 1 heterocycles. The summed E-state index contributed by atoms with van der Waals surface area (Å²) in [6.45, 7) is 0.517. The second-order valence-corrected chi connectivity index (χ2v) is 6.56. The van der Waals surface area contributed by atoms with Gasteiger partial charge in [0.05, 0.1) is 20.8 Å². The number of carbonyl (C=O) groups excluding carboxylic acids is 3.